The Morgan fingerprint density at radius 2 is 1.91 bits per heavy atom. The van der Waals surface area contributed by atoms with E-state index >= 15 is 0 Å². The van der Waals surface area contributed by atoms with Crippen molar-refractivity contribution in [2.75, 3.05) is 11.9 Å². The van der Waals surface area contributed by atoms with E-state index in [9.17, 15) is 23.6 Å². The molecule has 1 aliphatic heterocycles. The molecule has 3 rings (SSSR count). The maximum atomic E-state index is 13.7. The molecular weight excluding hydrogens is 443 g/mol. The lowest BCUT2D eigenvalue weighted by atomic mass is 10.0. The Kier molecular flexibility index (Phi) is 7.83. The molecule has 2 heterocycles. The van der Waals surface area contributed by atoms with Crippen molar-refractivity contribution < 1.29 is 28.4 Å². The van der Waals surface area contributed by atoms with Gasteiger partial charge in [-0.05, 0) is 56.5 Å². The molecule has 1 aliphatic rings. The van der Waals surface area contributed by atoms with E-state index in [0.29, 0.717) is 65.1 Å². The topological polar surface area (TPSA) is 129 Å². The van der Waals surface area contributed by atoms with Gasteiger partial charge in [0.2, 0.25) is 0 Å². The van der Waals surface area contributed by atoms with E-state index in [0.717, 1.165) is 0 Å². The summed E-state index contributed by atoms with van der Waals surface area (Å²) in [6, 6.07) is 4.10. The van der Waals surface area contributed by atoms with E-state index < -0.39 is 11.8 Å². The van der Waals surface area contributed by atoms with Crippen LogP contribution in [0, 0.1) is 19.7 Å². The van der Waals surface area contributed by atoms with E-state index in [4.69, 9.17) is 0 Å². The number of hydrogen-bond acceptors (Lipinski definition) is 5. The van der Waals surface area contributed by atoms with Crippen LogP contribution in [0.2, 0.25) is 0 Å². The number of aromatic amines is 1. The smallest absolute Gasteiger partial charge is 0.329 e. The second-order valence-corrected chi connectivity index (χ2v) is 8.05. The van der Waals surface area contributed by atoms with Crippen LogP contribution < -0.4 is 16.1 Å². The number of nitrogens with one attached hydrogen (secondary N) is 4. The van der Waals surface area contributed by atoms with Gasteiger partial charge in [0.25, 0.3) is 17.7 Å². The Hall–Kier alpha value is -3.95. The van der Waals surface area contributed by atoms with Gasteiger partial charge in [-0.3, -0.25) is 19.2 Å². The van der Waals surface area contributed by atoms with Crippen molar-refractivity contribution in [3.05, 3.63) is 52.1 Å². The van der Waals surface area contributed by atoms with Gasteiger partial charge in [0.05, 0.1) is 11.1 Å². The largest absolute Gasteiger partial charge is 0.358 e. The van der Waals surface area contributed by atoms with Gasteiger partial charge < -0.3 is 20.5 Å². The number of hydroxylamine groups is 1. The quantitative estimate of drug-likeness (QED) is 0.268. The molecule has 0 saturated carbocycles. The Labute approximate surface area is 196 Å². The number of aromatic nitrogens is 1. The molecule has 4 N–H and O–H groups in total. The van der Waals surface area contributed by atoms with Gasteiger partial charge in [-0.2, -0.15) is 5.48 Å². The molecule has 34 heavy (non-hydrogen) atoms. The minimum atomic E-state index is -0.587. The molecule has 0 aliphatic carbocycles. The van der Waals surface area contributed by atoms with Crippen LogP contribution in [0.3, 0.4) is 0 Å². The monoisotopic (exact) mass is 470 g/mol. The molecule has 0 unspecified atom stereocenters. The third-order valence-corrected chi connectivity index (χ3v) is 5.43. The SMILES string of the molecule is CC(=O)ONC(=O)CCCCCNC(=O)c1c(C)[nH]c(C=C2C(=O)Nc3ccc(F)cc32)c1C. The maximum absolute atomic E-state index is 13.7. The summed E-state index contributed by atoms with van der Waals surface area (Å²) in [5.74, 6) is -1.98. The first-order valence-electron chi connectivity index (χ1n) is 10.9. The molecule has 10 heteroatoms. The van der Waals surface area contributed by atoms with Gasteiger partial charge in [-0.1, -0.05) is 6.42 Å². The van der Waals surface area contributed by atoms with Gasteiger partial charge in [-0.25, -0.2) is 4.39 Å². The fourth-order valence-electron chi connectivity index (χ4n) is 3.76. The molecule has 0 atom stereocenters. The van der Waals surface area contributed by atoms with Crippen LogP contribution in [0.15, 0.2) is 18.2 Å². The Morgan fingerprint density at radius 3 is 2.65 bits per heavy atom. The van der Waals surface area contributed by atoms with Crippen molar-refractivity contribution in [2.24, 2.45) is 0 Å². The van der Waals surface area contributed by atoms with Crippen LogP contribution in [0.5, 0.6) is 0 Å². The molecule has 0 fully saturated rings. The van der Waals surface area contributed by atoms with Crippen LogP contribution in [0.4, 0.5) is 10.1 Å². The number of carbonyl (C=O) groups is 4. The van der Waals surface area contributed by atoms with E-state index in [1.807, 2.05) is 0 Å². The standard InChI is InChI=1S/C24H27FN4O5/c1-13-20(12-18-17-11-16(25)8-9-19(17)28-23(18)32)27-14(2)22(13)24(33)26-10-6-4-5-7-21(31)29-34-15(3)30/h8-9,11-12,27H,4-7,10H2,1-3H3,(H,26,33)(H,28,32)(H,29,31). The number of fused-ring (bicyclic) bond motifs is 1. The molecule has 0 saturated heterocycles. The van der Waals surface area contributed by atoms with Crippen molar-refractivity contribution in [3.63, 3.8) is 0 Å². The van der Waals surface area contributed by atoms with E-state index in [-0.39, 0.29) is 24.1 Å². The first-order chi connectivity index (χ1) is 16.2. The summed E-state index contributed by atoms with van der Waals surface area (Å²) in [5.41, 5.74) is 5.82. The predicted molar refractivity (Wildman–Crippen MR) is 124 cm³/mol. The number of rotatable bonds is 8. The lowest BCUT2D eigenvalue weighted by molar-refractivity contribution is -0.156. The summed E-state index contributed by atoms with van der Waals surface area (Å²) >= 11 is 0. The summed E-state index contributed by atoms with van der Waals surface area (Å²) < 4.78 is 13.7. The van der Waals surface area contributed by atoms with Gasteiger partial charge in [0, 0.05) is 42.5 Å². The van der Waals surface area contributed by atoms with Crippen LogP contribution >= 0.6 is 0 Å². The lowest BCUT2D eigenvalue weighted by Gasteiger charge is -2.07. The van der Waals surface area contributed by atoms with Crippen molar-refractivity contribution in [3.8, 4) is 0 Å². The fraction of sp³-hybridized carbons (Fsp3) is 0.333. The Morgan fingerprint density at radius 1 is 1.15 bits per heavy atom. The molecule has 2 aromatic rings. The van der Waals surface area contributed by atoms with Crippen LogP contribution in [0.1, 0.15) is 65.5 Å². The van der Waals surface area contributed by atoms with Crippen molar-refractivity contribution >= 4 is 41.0 Å². The van der Waals surface area contributed by atoms with Gasteiger partial charge in [-0.15, -0.1) is 0 Å². The van der Waals surface area contributed by atoms with Gasteiger partial charge in [0.1, 0.15) is 5.82 Å². The zero-order chi connectivity index (χ0) is 24.8. The molecule has 3 amide bonds. The molecule has 0 radical (unpaired) electrons. The lowest BCUT2D eigenvalue weighted by Crippen LogP contribution is -2.26. The number of carbonyl (C=O) groups excluding carboxylic acids is 4. The average Bonchev–Trinajstić information content (AvgIpc) is 3.23. The highest BCUT2D eigenvalue weighted by atomic mass is 19.1. The second-order valence-electron chi connectivity index (χ2n) is 8.05. The van der Waals surface area contributed by atoms with Crippen LogP contribution in [0.25, 0.3) is 11.6 Å². The number of unbranched alkanes of at least 4 members (excludes halogenated alkanes) is 2. The molecular formula is C24H27FN4O5. The normalized spacial score (nSPS) is 13.4. The van der Waals surface area contributed by atoms with E-state index in [1.165, 1.54) is 25.1 Å². The average molecular weight is 471 g/mol. The molecule has 180 valence electrons. The van der Waals surface area contributed by atoms with Crippen LogP contribution in [-0.4, -0.2) is 35.2 Å². The minimum Gasteiger partial charge on any atom is -0.358 e. The molecule has 0 bridgehead atoms. The highest BCUT2D eigenvalue weighted by Crippen LogP contribution is 2.34. The van der Waals surface area contributed by atoms with Gasteiger partial charge in [0.15, 0.2) is 0 Å². The maximum Gasteiger partial charge on any atom is 0.329 e. The summed E-state index contributed by atoms with van der Waals surface area (Å²) in [6.45, 7) is 5.18. The number of anilines is 1. The summed E-state index contributed by atoms with van der Waals surface area (Å²) in [7, 11) is 0. The Bertz CT molecular complexity index is 1170. The Balaban J connectivity index is 1.57. The number of aryl methyl sites for hydroxylation is 1. The first-order valence-corrected chi connectivity index (χ1v) is 10.9. The molecule has 0 spiro atoms. The van der Waals surface area contributed by atoms with E-state index in [2.05, 4.69) is 25.9 Å². The summed E-state index contributed by atoms with van der Waals surface area (Å²) in [5, 5.41) is 5.58. The number of amides is 3. The minimum absolute atomic E-state index is 0.218. The second kappa shape index (κ2) is 10.8. The highest BCUT2D eigenvalue weighted by Gasteiger charge is 2.26. The number of halogens is 1. The summed E-state index contributed by atoms with van der Waals surface area (Å²) in [4.78, 5) is 54.8. The van der Waals surface area contributed by atoms with Crippen LogP contribution in [-0.2, 0) is 19.2 Å². The summed E-state index contributed by atoms with van der Waals surface area (Å²) in [6.07, 6.45) is 3.82. The number of H-pyrrole nitrogens is 1. The molecule has 1 aromatic carbocycles. The van der Waals surface area contributed by atoms with Gasteiger partial charge >= 0.3 is 5.97 Å². The predicted octanol–water partition coefficient (Wildman–Crippen LogP) is 3.15. The molecule has 1 aromatic heterocycles. The number of benzene rings is 1. The third-order valence-electron chi connectivity index (χ3n) is 5.43. The fourth-order valence-corrected chi connectivity index (χ4v) is 3.76. The van der Waals surface area contributed by atoms with Crippen molar-refractivity contribution in [2.45, 2.75) is 46.5 Å². The van der Waals surface area contributed by atoms with E-state index in [1.54, 1.807) is 19.9 Å². The van der Waals surface area contributed by atoms with Crippen molar-refractivity contribution in [1.29, 1.82) is 0 Å². The molecule has 9 nitrogen and oxygen atoms in total. The third kappa shape index (κ3) is 5.89. The zero-order valence-corrected chi connectivity index (χ0v) is 19.3. The van der Waals surface area contributed by atoms with Crippen molar-refractivity contribution in [1.82, 2.24) is 15.8 Å². The highest BCUT2D eigenvalue weighted by molar-refractivity contribution is 6.34. The first kappa shape index (κ1) is 24.7. The number of hydrogen-bond donors (Lipinski definition) is 4. The zero-order valence-electron chi connectivity index (χ0n) is 19.3.